The van der Waals surface area contributed by atoms with Crippen LogP contribution in [0.5, 0.6) is 11.5 Å². The average molecular weight is 468 g/mol. The number of phenols is 1. The van der Waals surface area contributed by atoms with E-state index in [2.05, 4.69) is 38.3 Å². The Hall–Kier alpha value is -1.56. The number of hydrogen-bond donors (Lipinski definition) is 2. The SMILES string of the molecule is C=CCCN1CCC23c4c5ccc(O)c4OC2C2(OC)CCC3(CC2C(C)(O)C(C)(C)C)C1C5. The van der Waals surface area contributed by atoms with Gasteiger partial charge in [-0.05, 0) is 69.0 Å². The Balaban J connectivity index is 1.61. The molecular weight excluding hydrogens is 426 g/mol. The molecule has 4 aliphatic carbocycles. The van der Waals surface area contributed by atoms with Crippen molar-refractivity contribution in [3.63, 3.8) is 0 Å². The number of piperidine rings is 1. The van der Waals surface area contributed by atoms with Crippen LogP contribution in [0, 0.1) is 16.7 Å². The van der Waals surface area contributed by atoms with Crippen molar-refractivity contribution in [1.82, 2.24) is 4.90 Å². The number of rotatable bonds is 5. The van der Waals surface area contributed by atoms with E-state index in [4.69, 9.17) is 9.47 Å². The summed E-state index contributed by atoms with van der Waals surface area (Å²) >= 11 is 0. The van der Waals surface area contributed by atoms with Crippen LogP contribution >= 0.6 is 0 Å². The van der Waals surface area contributed by atoms with Gasteiger partial charge < -0.3 is 19.7 Å². The number of hydrogen-bond acceptors (Lipinski definition) is 5. The molecule has 34 heavy (non-hydrogen) atoms. The van der Waals surface area contributed by atoms with E-state index in [0.29, 0.717) is 11.8 Å². The second-order valence-corrected chi connectivity index (χ2v) is 13.0. The number of methoxy groups -OCH3 is 1. The standard InChI is InChI=1S/C29H41NO4/c1-7-8-14-30-15-13-28-22-18-9-10-19(31)23(22)34-24(28)29(33-6)12-11-27(28,21(30)16-18)17-20(29)26(5,32)25(2,3)4/h7,9-10,20-21,24,31-32H,1,8,11-17H2,2-6H3. The smallest absolute Gasteiger partial charge is 0.165 e. The van der Waals surface area contributed by atoms with Crippen molar-refractivity contribution in [2.45, 2.75) is 95.0 Å². The van der Waals surface area contributed by atoms with E-state index in [-0.39, 0.29) is 34.0 Å². The van der Waals surface area contributed by atoms with Crippen LogP contribution in [-0.4, -0.2) is 58.7 Å². The summed E-state index contributed by atoms with van der Waals surface area (Å²) in [6.45, 7) is 14.5. The Morgan fingerprint density at radius 3 is 2.68 bits per heavy atom. The third-order valence-electron chi connectivity index (χ3n) is 11.3. The summed E-state index contributed by atoms with van der Waals surface area (Å²) in [5.41, 5.74) is 0.562. The highest BCUT2D eigenvalue weighted by Crippen LogP contribution is 2.77. The van der Waals surface area contributed by atoms with Gasteiger partial charge in [0.05, 0.1) is 5.60 Å². The lowest BCUT2D eigenvalue weighted by Gasteiger charge is -2.75. The summed E-state index contributed by atoms with van der Waals surface area (Å²) in [5.74, 6) is 0.871. The molecule has 0 amide bonds. The zero-order valence-corrected chi connectivity index (χ0v) is 21.5. The van der Waals surface area contributed by atoms with Gasteiger partial charge in [0.15, 0.2) is 11.5 Å². The van der Waals surface area contributed by atoms with Crippen LogP contribution < -0.4 is 4.74 Å². The van der Waals surface area contributed by atoms with Crippen LogP contribution in [0.1, 0.15) is 70.9 Å². The van der Waals surface area contributed by atoms with Gasteiger partial charge in [0.1, 0.15) is 11.7 Å². The number of aromatic hydroxyl groups is 1. The number of benzene rings is 1. The fourth-order valence-corrected chi connectivity index (χ4v) is 9.25. The van der Waals surface area contributed by atoms with E-state index >= 15 is 0 Å². The molecule has 2 heterocycles. The van der Waals surface area contributed by atoms with Crippen molar-refractivity contribution < 1.29 is 19.7 Å². The van der Waals surface area contributed by atoms with Gasteiger partial charge in [-0.2, -0.15) is 0 Å². The molecule has 7 rings (SSSR count). The molecule has 1 aromatic rings. The lowest BCUT2D eigenvalue weighted by Crippen LogP contribution is -2.83. The van der Waals surface area contributed by atoms with E-state index in [1.165, 1.54) is 11.1 Å². The maximum absolute atomic E-state index is 12.2. The number of likely N-dealkylation sites (tertiary alicyclic amines) is 1. The molecule has 4 fully saturated rings. The van der Waals surface area contributed by atoms with Crippen LogP contribution in [0.3, 0.4) is 0 Å². The molecular formula is C29H41NO4. The number of phenolic OH excluding ortho intramolecular Hbond substituents is 1. The lowest BCUT2D eigenvalue weighted by atomic mass is 9.33. The predicted octanol–water partition coefficient (Wildman–Crippen LogP) is 4.58. The van der Waals surface area contributed by atoms with Gasteiger partial charge in [-0.1, -0.05) is 32.9 Å². The molecule has 0 aromatic heterocycles. The zero-order chi connectivity index (χ0) is 24.3. The summed E-state index contributed by atoms with van der Waals surface area (Å²) in [5, 5.41) is 23.1. The molecule has 2 aliphatic heterocycles. The molecule has 186 valence electrons. The maximum Gasteiger partial charge on any atom is 0.165 e. The Kier molecular flexibility index (Phi) is 4.58. The summed E-state index contributed by atoms with van der Waals surface area (Å²) < 4.78 is 13.4. The first kappa shape index (κ1) is 22.9. The topological polar surface area (TPSA) is 62.2 Å². The van der Waals surface area contributed by atoms with Crippen molar-refractivity contribution in [2.24, 2.45) is 16.7 Å². The number of aliphatic hydroxyl groups is 1. The molecule has 7 unspecified atom stereocenters. The highest BCUT2D eigenvalue weighted by molar-refractivity contribution is 5.63. The van der Waals surface area contributed by atoms with Gasteiger partial charge in [0, 0.05) is 42.0 Å². The van der Waals surface area contributed by atoms with Crippen LogP contribution in [0.15, 0.2) is 24.8 Å². The fraction of sp³-hybridized carbons (Fsp3) is 0.724. The molecule has 4 bridgehead atoms. The molecule has 5 nitrogen and oxygen atoms in total. The van der Waals surface area contributed by atoms with E-state index in [1.807, 2.05) is 26.2 Å². The van der Waals surface area contributed by atoms with E-state index in [1.54, 1.807) is 0 Å². The average Bonchev–Trinajstić information content (AvgIpc) is 3.16. The second kappa shape index (κ2) is 6.80. The predicted molar refractivity (Wildman–Crippen MR) is 132 cm³/mol. The lowest BCUT2D eigenvalue weighted by molar-refractivity contribution is -0.312. The van der Waals surface area contributed by atoms with Crippen LogP contribution in [0.4, 0.5) is 0 Å². The number of nitrogens with zero attached hydrogens (tertiary/aromatic N) is 1. The Morgan fingerprint density at radius 1 is 1.24 bits per heavy atom. The molecule has 1 saturated heterocycles. The maximum atomic E-state index is 12.2. The largest absolute Gasteiger partial charge is 0.504 e. The van der Waals surface area contributed by atoms with Crippen LogP contribution in [0.2, 0.25) is 0 Å². The van der Waals surface area contributed by atoms with E-state index in [9.17, 15) is 10.2 Å². The minimum absolute atomic E-state index is 0.0106. The second-order valence-electron chi connectivity index (χ2n) is 13.0. The molecule has 5 heteroatoms. The van der Waals surface area contributed by atoms with Gasteiger partial charge >= 0.3 is 0 Å². The molecule has 1 aromatic carbocycles. The Morgan fingerprint density at radius 2 is 2.00 bits per heavy atom. The fourth-order valence-electron chi connectivity index (χ4n) is 9.25. The molecule has 2 spiro atoms. The minimum atomic E-state index is -0.932. The quantitative estimate of drug-likeness (QED) is 0.621. The normalized spacial score (nSPS) is 41.5. The van der Waals surface area contributed by atoms with Crippen molar-refractivity contribution in [1.29, 1.82) is 0 Å². The van der Waals surface area contributed by atoms with Crippen molar-refractivity contribution in [3.8, 4) is 11.5 Å². The highest BCUT2D eigenvalue weighted by Gasteiger charge is 2.82. The van der Waals surface area contributed by atoms with Crippen molar-refractivity contribution >= 4 is 0 Å². The number of fused-ring (bicyclic) bond motifs is 2. The molecule has 2 N–H and O–H groups in total. The zero-order valence-electron chi connectivity index (χ0n) is 21.5. The van der Waals surface area contributed by atoms with E-state index in [0.717, 1.165) is 51.6 Å². The van der Waals surface area contributed by atoms with Crippen molar-refractivity contribution in [2.75, 3.05) is 20.2 Å². The summed E-state index contributed by atoms with van der Waals surface area (Å²) in [7, 11) is 1.81. The Labute approximate surface area is 204 Å². The first-order chi connectivity index (χ1) is 16.0. The van der Waals surface area contributed by atoms with Gasteiger partial charge in [0.25, 0.3) is 0 Å². The van der Waals surface area contributed by atoms with Gasteiger partial charge in [0.2, 0.25) is 0 Å². The van der Waals surface area contributed by atoms with Crippen LogP contribution in [-0.2, 0) is 16.6 Å². The first-order valence-corrected chi connectivity index (χ1v) is 13.1. The molecule has 6 aliphatic rings. The molecule has 7 atom stereocenters. The third-order valence-corrected chi connectivity index (χ3v) is 11.3. The van der Waals surface area contributed by atoms with Gasteiger partial charge in [-0.3, -0.25) is 4.90 Å². The monoisotopic (exact) mass is 467 g/mol. The van der Waals surface area contributed by atoms with Crippen LogP contribution in [0.25, 0.3) is 0 Å². The third kappa shape index (κ3) is 2.33. The molecule has 3 saturated carbocycles. The first-order valence-electron chi connectivity index (χ1n) is 13.1. The summed E-state index contributed by atoms with van der Waals surface area (Å²) in [6, 6.07) is 4.33. The van der Waals surface area contributed by atoms with E-state index < -0.39 is 11.2 Å². The van der Waals surface area contributed by atoms with Crippen molar-refractivity contribution in [3.05, 3.63) is 35.9 Å². The number of ether oxygens (including phenoxy) is 2. The summed E-state index contributed by atoms with van der Waals surface area (Å²) in [6.07, 6.45) is 7.67. The Bertz CT molecular complexity index is 1040. The minimum Gasteiger partial charge on any atom is -0.504 e. The summed E-state index contributed by atoms with van der Waals surface area (Å²) in [4.78, 5) is 2.70. The van der Waals surface area contributed by atoms with Gasteiger partial charge in [-0.25, -0.2) is 0 Å². The van der Waals surface area contributed by atoms with Gasteiger partial charge in [-0.15, -0.1) is 6.58 Å². The highest BCUT2D eigenvalue weighted by atomic mass is 16.6. The molecule has 0 radical (unpaired) electrons.